The van der Waals surface area contributed by atoms with E-state index < -0.39 is 10.0 Å². The maximum atomic E-state index is 12.3. The molecular formula is C19H22ClN3O3S. The second-order valence-electron chi connectivity index (χ2n) is 5.91. The second kappa shape index (κ2) is 9.03. The summed E-state index contributed by atoms with van der Waals surface area (Å²) in [7, 11) is -2.06. The molecule has 27 heavy (non-hydrogen) atoms. The van der Waals surface area contributed by atoms with Crippen LogP contribution in [0, 0.1) is 6.92 Å². The molecule has 0 atom stereocenters. The average molecular weight is 408 g/mol. The highest BCUT2D eigenvalue weighted by Crippen LogP contribution is 2.23. The maximum Gasteiger partial charge on any atom is 0.243 e. The predicted octanol–water partition coefficient (Wildman–Crippen LogP) is 3.51. The molecule has 0 unspecified atom stereocenters. The molecule has 2 aromatic rings. The van der Waals surface area contributed by atoms with Gasteiger partial charge in [0.25, 0.3) is 0 Å². The Morgan fingerprint density at radius 3 is 2.52 bits per heavy atom. The van der Waals surface area contributed by atoms with E-state index in [1.807, 2.05) is 6.92 Å². The molecule has 0 bridgehead atoms. The van der Waals surface area contributed by atoms with Gasteiger partial charge < -0.3 is 10.6 Å². The number of benzene rings is 2. The molecule has 0 fully saturated rings. The molecule has 2 aromatic carbocycles. The molecule has 2 N–H and O–H groups in total. The summed E-state index contributed by atoms with van der Waals surface area (Å²) < 4.78 is 25.9. The lowest BCUT2D eigenvalue weighted by Crippen LogP contribution is -2.27. The number of carbonyl (C=O) groups is 1. The molecule has 2 rings (SSSR count). The molecule has 0 radical (unpaired) electrons. The summed E-state index contributed by atoms with van der Waals surface area (Å²) in [5.41, 5.74) is 2.09. The number of rotatable bonds is 8. The predicted molar refractivity (Wildman–Crippen MR) is 110 cm³/mol. The van der Waals surface area contributed by atoms with Crippen molar-refractivity contribution in [1.82, 2.24) is 4.31 Å². The summed E-state index contributed by atoms with van der Waals surface area (Å²) in [6, 6.07) is 11.5. The fourth-order valence-electron chi connectivity index (χ4n) is 2.32. The van der Waals surface area contributed by atoms with Crippen LogP contribution < -0.4 is 10.6 Å². The third-order valence-corrected chi connectivity index (χ3v) is 6.19. The van der Waals surface area contributed by atoms with Gasteiger partial charge in [-0.2, -0.15) is 4.31 Å². The fourth-order valence-corrected chi connectivity index (χ4v) is 3.64. The molecule has 0 saturated heterocycles. The molecule has 0 spiro atoms. The standard InChI is InChI=1S/C19H22ClN3O3S/c1-4-12-23(3)27(25,26)16-10-8-15(9-11-16)21-13-19(24)22-18-7-5-6-17(20)14(18)2/h4-11,21H,1,12-13H2,2-3H3,(H,22,24). The molecular weight excluding hydrogens is 386 g/mol. The number of nitrogens with zero attached hydrogens (tertiary/aromatic N) is 1. The summed E-state index contributed by atoms with van der Waals surface area (Å²) in [5.74, 6) is -0.234. The van der Waals surface area contributed by atoms with Crippen molar-refractivity contribution in [2.24, 2.45) is 0 Å². The van der Waals surface area contributed by atoms with Gasteiger partial charge in [-0.3, -0.25) is 4.79 Å². The minimum atomic E-state index is -3.56. The van der Waals surface area contributed by atoms with Crippen LogP contribution in [-0.4, -0.2) is 38.8 Å². The number of anilines is 2. The Morgan fingerprint density at radius 1 is 1.22 bits per heavy atom. The van der Waals surface area contributed by atoms with Gasteiger partial charge in [0.15, 0.2) is 0 Å². The van der Waals surface area contributed by atoms with Gasteiger partial charge in [0.05, 0.1) is 11.4 Å². The van der Waals surface area contributed by atoms with E-state index in [1.165, 1.54) is 29.6 Å². The highest BCUT2D eigenvalue weighted by molar-refractivity contribution is 7.89. The highest BCUT2D eigenvalue weighted by Gasteiger charge is 2.19. The van der Waals surface area contributed by atoms with E-state index in [0.717, 1.165) is 5.56 Å². The first-order valence-electron chi connectivity index (χ1n) is 8.22. The molecule has 0 heterocycles. The third-order valence-electron chi connectivity index (χ3n) is 3.94. The number of halogens is 1. The minimum absolute atomic E-state index is 0.0361. The Labute approximate surface area is 164 Å². The number of sulfonamides is 1. The van der Waals surface area contributed by atoms with Crippen molar-refractivity contribution in [3.63, 3.8) is 0 Å². The van der Waals surface area contributed by atoms with Crippen LogP contribution in [0.15, 0.2) is 60.0 Å². The quantitative estimate of drug-likeness (QED) is 0.656. The van der Waals surface area contributed by atoms with E-state index >= 15 is 0 Å². The summed E-state index contributed by atoms with van der Waals surface area (Å²) in [4.78, 5) is 12.3. The van der Waals surface area contributed by atoms with Crippen LogP contribution in [0.4, 0.5) is 11.4 Å². The van der Waals surface area contributed by atoms with E-state index in [4.69, 9.17) is 11.6 Å². The van der Waals surface area contributed by atoms with Crippen molar-refractivity contribution < 1.29 is 13.2 Å². The molecule has 0 aliphatic carbocycles. The molecule has 8 heteroatoms. The monoisotopic (exact) mass is 407 g/mol. The van der Waals surface area contributed by atoms with Gasteiger partial charge in [-0.05, 0) is 48.9 Å². The van der Waals surface area contributed by atoms with Crippen LogP contribution in [0.5, 0.6) is 0 Å². The highest BCUT2D eigenvalue weighted by atomic mass is 35.5. The normalized spacial score (nSPS) is 11.3. The number of hydrogen-bond donors (Lipinski definition) is 2. The molecule has 0 aliphatic rings. The molecule has 144 valence electrons. The molecule has 0 saturated carbocycles. The summed E-state index contributed by atoms with van der Waals surface area (Å²) in [6.45, 7) is 5.63. The number of hydrogen-bond acceptors (Lipinski definition) is 4. The Bertz CT molecular complexity index is 928. The molecule has 0 aromatic heterocycles. The summed E-state index contributed by atoms with van der Waals surface area (Å²) in [5, 5.41) is 6.33. The zero-order valence-corrected chi connectivity index (χ0v) is 16.8. The van der Waals surface area contributed by atoms with E-state index in [9.17, 15) is 13.2 Å². The number of amides is 1. The van der Waals surface area contributed by atoms with Crippen molar-refractivity contribution in [1.29, 1.82) is 0 Å². The van der Waals surface area contributed by atoms with E-state index in [0.29, 0.717) is 16.4 Å². The van der Waals surface area contributed by atoms with Gasteiger partial charge >= 0.3 is 0 Å². The van der Waals surface area contributed by atoms with Crippen molar-refractivity contribution in [3.8, 4) is 0 Å². The summed E-state index contributed by atoms with van der Waals surface area (Å²) >= 11 is 6.04. The second-order valence-corrected chi connectivity index (χ2v) is 8.36. The van der Waals surface area contributed by atoms with Gasteiger partial charge in [0, 0.05) is 30.0 Å². The average Bonchev–Trinajstić information content (AvgIpc) is 2.64. The topological polar surface area (TPSA) is 78.5 Å². The van der Waals surface area contributed by atoms with E-state index in [2.05, 4.69) is 17.2 Å². The number of likely N-dealkylation sites (N-methyl/N-ethyl adjacent to an activating group) is 1. The lowest BCUT2D eigenvalue weighted by Gasteiger charge is -2.15. The molecule has 6 nitrogen and oxygen atoms in total. The first-order valence-corrected chi connectivity index (χ1v) is 10.0. The Balaban J connectivity index is 1.98. The van der Waals surface area contributed by atoms with Crippen LogP contribution >= 0.6 is 11.6 Å². The van der Waals surface area contributed by atoms with Crippen LogP contribution in [0.1, 0.15) is 5.56 Å². The number of nitrogens with one attached hydrogen (secondary N) is 2. The maximum absolute atomic E-state index is 12.3. The van der Waals surface area contributed by atoms with Gasteiger partial charge in [-0.25, -0.2) is 8.42 Å². The lowest BCUT2D eigenvalue weighted by molar-refractivity contribution is -0.114. The molecule has 0 aliphatic heterocycles. The third kappa shape index (κ3) is 5.32. The Morgan fingerprint density at radius 2 is 1.89 bits per heavy atom. The van der Waals surface area contributed by atoms with Gasteiger partial charge in [-0.1, -0.05) is 23.7 Å². The van der Waals surface area contributed by atoms with Gasteiger partial charge in [0.1, 0.15) is 0 Å². The van der Waals surface area contributed by atoms with Gasteiger partial charge in [-0.15, -0.1) is 6.58 Å². The zero-order valence-electron chi connectivity index (χ0n) is 15.2. The SMILES string of the molecule is C=CCN(C)S(=O)(=O)c1ccc(NCC(=O)Nc2cccc(Cl)c2C)cc1. The van der Waals surface area contributed by atoms with Crippen molar-refractivity contribution in [2.45, 2.75) is 11.8 Å². The smallest absolute Gasteiger partial charge is 0.243 e. The fraction of sp³-hybridized carbons (Fsp3) is 0.211. The number of carbonyl (C=O) groups excluding carboxylic acids is 1. The largest absolute Gasteiger partial charge is 0.376 e. The molecule has 1 amide bonds. The lowest BCUT2D eigenvalue weighted by atomic mass is 10.2. The van der Waals surface area contributed by atoms with Crippen molar-refractivity contribution >= 4 is 38.9 Å². The Hall–Kier alpha value is -2.35. The first-order chi connectivity index (χ1) is 12.8. The van der Waals surface area contributed by atoms with Crippen LogP contribution in [0.3, 0.4) is 0 Å². The van der Waals surface area contributed by atoms with Crippen molar-refractivity contribution in [3.05, 3.63) is 65.7 Å². The van der Waals surface area contributed by atoms with Crippen LogP contribution in [-0.2, 0) is 14.8 Å². The van der Waals surface area contributed by atoms with E-state index in [1.54, 1.807) is 30.3 Å². The van der Waals surface area contributed by atoms with Crippen LogP contribution in [0.25, 0.3) is 0 Å². The van der Waals surface area contributed by atoms with Crippen LogP contribution in [0.2, 0.25) is 5.02 Å². The van der Waals surface area contributed by atoms with Gasteiger partial charge in [0.2, 0.25) is 15.9 Å². The Kier molecular flexibility index (Phi) is 7.01. The van der Waals surface area contributed by atoms with Crippen molar-refractivity contribution in [2.75, 3.05) is 30.8 Å². The summed E-state index contributed by atoms with van der Waals surface area (Å²) in [6.07, 6.45) is 1.52. The minimum Gasteiger partial charge on any atom is -0.376 e. The van der Waals surface area contributed by atoms with E-state index in [-0.39, 0.29) is 23.9 Å². The first kappa shape index (κ1) is 21.0. The zero-order chi connectivity index (χ0) is 20.0.